The van der Waals surface area contributed by atoms with Gasteiger partial charge < -0.3 is 16.4 Å². The molecule has 0 saturated heterocycles. The molecule has 0 saturated carbocycles. The van der Waals surface area contributed by atoms with Crippen molar-refractivity contribution in [2.24, 2.45) is 5.73 Å². The van der Waals surface area contributed by atoms with E-state index in [-0.39, 0.29) is 0 Å². The molecule has 0 aliphatic rings. The zero-order chi connectivity index (χ0) is 10.4. The van der Waals surface area contributed by atoms with Gasteiger partial charge in [-0.3, -0.25) is 0 Å². The number of hydrogen-bond donors (Lipinski definition) is 3. The monoisotopic (exact) mass is 213 g/mol. The van der Waals surface area contributed by atoms with Crippen molar-refractivity contribution in [2.75, 3.05) is 13.1 Å². The number of rotatable bonds is 5. The zero-order valence-corrected chi connectivity index (χ0v) is 8.93. The minimum Gasteiger partial charge on any atom is -0.352 e. The SMILES string of the molecule is CC(NCCNC(N)=O)c1cccs1. The van der Waals surface area contributed by atoms with Crippen LogP contribution in [0.5, 0.6) is 0 Å². The molecular weight excluding hydrogens is 198 g/mol. The Hall–Kier alpha value is -1.07. The Morgan fingerprint density at radius 2 is 2.43 bits per heavy atom. The number of urea groups is 1. The van der Waals surface area contributed by atoms with E-state index in [1.807, 2.05) is 6.07 Å². The summed E-state index contributed by atoms with van der Waals surface area (Å²) in [5.41, 5.74) is 4.93. The highest BCUT2D eigenvalue weighted by Gasteiger charge is 2.04. The molecule has 1 atom stereocenters. The summed E-state index contributed by atoms with van der Waals surface area (Å²) >= 11 is 1.72. The standard InChI is InChI=1S/C9H15N3OS/c1-7(8-3-2-6-14-8)11-4-5-12-9(10)13/h2-3,6-7,11H,4-5H2,1H3,(H3,10,12,13). The van der Waals surface area contributed by atoms with Gasteiger partial charge in [-0.15, -0.1) is 11.3 Å². The summed E-state index contributed by atoms with van der Waals surface area (Å²) in [6, 6.07) is 3.96. The van der Waals surface area contributed by atoms with Crippen molar-refractivity contribution < 1.29 is 4.79 Å². The van der Waals surface area contributed by atoms with Gasteiger partial charge >= 0.3 is 6.03 Å². The highest BCUT2D eigenvalue weighted by atomic mass is 32.1. The maximum absolute atomic E-state index is 10.4. The number of primary amides is 1. The second kappa shape index (κ2) is 5.62. The Morgan fingerprint density at radius 3 is 3.00 bits per heavy atom. The fourth-order valence-electron chi connectivity index (χ4n) is 1.11. The quantitative estimate of drug-likeness (QED) is 0.640. The van der Waals surface area contributed by atoms with Gasteiger partial charge in [-0.05, 0) is 18.4 Å². The molecule has 0 bridgehead atoms. The number of carbonyl (C=O) groups is 1. The first-order valence-electron chi connectivity index (χ1n) is 4.50. The summed E-state index contributed by atoms with van der Waals surface area (Å²) in [4.78, 5) is 11.7. The van der Waals surface area contributed by atoms with Crippen LogP contribution in [0.25, 0.3) is 0 Å². The molecule has 0 aliphatic carbocycles. The Kier molecular flexibility index (Phi) is 4.42. The van der Waals surface area contributed by atoms with E-state index in [4.69, 9.17) is 5.73 Å². The van der Waals surface area contributed by atoms with Crippen molar-refractivity contribution >= 4 is 17.4 Å². The van der Waals surface area contributed by atoms with Crippen LogP contribution in [0, 0.1) is 0 Å². The minimum atomic E-state index is -0.476. The molecule has 5 heteroatoms. The van der Waals surface area contributed by atoms with Crippen molar-refractivity contribution in [1.29, 1.82) is 0 Å². The number of nitrogens with one attached hydrogen (secondary N) is 2. The van der Waals surface area contributed by atoms with Gasteiger partial charge in [-0.1, -0.05) is 6.07 Å². The molecule has 1 unspecified atom stereocenters. The molecule has 0 radical (unpaired) electrons. The first-order valence-corrected chi connectivity index (χ1v) is 5.38. The summed E-state index contributed by atoms with van der Waals surface area (Å²) in [6.07, 6.45) is 0. The van der Waals surface area contributed by atoms with E-state index in [9.17, 15) is 4.79 Å². The third-order valence-electron chi connectivity index (χ3n) is 1.84. The van der Waals surface area contributed by atoms with E-state index in [1.165, 1.54) is 4.88 Å². The van der Waals surface area contributed by atoms with Crippen LogP contribution in [0.15, 0.2) is 17.5 Å². The summed E-state index contributed by atoms with van der Waals surface area (Å²) < 4.78 is 0. The van der Waals surface area contributed by atoms with Gasteiger partial charge in [-0.25, -0.2) is 4.79 Å². The van der Waals surface area contributed by atoms with Crippen molar-refractivity contribution in [1.82, 2.24) is 10.6 Å². The Balaban J connectivity index is 2.16. The molecule has 1 aromatic rings. The molecular formula is C9H15N3OS. The van der Waals surface area contributed by atoms with Gasteiger partial charge in [0.15, 0.2) is 0 Å². The minimum absolute atomic E-state index is 0.324. The van der Waals surface area contributed by atoms with Crippen LogP contribution in [0.4, 0.5) is 4.79 Å². The Labute approximate surface area is 87.5 Å². The van der Waals surface area contributed by atoms with Gasteiger partial charge in [0, 0.05) is 24.0 Å². The summed E-state index contributed by atoms with van der Waals surface area (Å²) in [5.74, 6) is 0. The van der Waals surface area contributed by atoms with Crippen LogP contribution >= 0.6 is 11.3 Å². The van der Waals surface area contributed by atoms with Crippen LogP contribution in [-0.2, 0) is 0 Å². The van der Waals surface area contributed by atoms with Crippen LogP contribution in [0.1, 0.15) is 17.8 Å². The van der Waals surface area contributed by atoms with E-state index in [0.717, 1.165) is 6.54 Å². The lowest BCUT2D eigenvalue weighted by atomic mass is 10.3. The second-order valence-corrected chi connectivity index (χ2v) is 3.96. The predicted molar refractivity (Wildman–Crippen MR) is 58.3 cm³/mol. The van der Waals surface area contributed by atoms with Gasteiger partial charge in [0.05, 0.1) is 0 Å². The van der Waals surface area contributed by atoms with Crippen LogP contribution in [0.2, 0.25) is 0 Å². The smallest absolute Gasteiger partial charge is 0.312 e. The first kappa shape index (κ1) is 11.0. The van der Waals surface area contributed by atoms with Crippen LogP contribution < -0.4 is 16.4 Å². The topological polar surface area (TPSA) is 67.2 Å². The maximum atomic E-state index is 10.4. The van der Waals surface area contributed by atoms with Crippen LogP contribution in [0.3, 0.4) is 0 Å². The normalized spacial score (nSPS) is 12.4. The third kappa shape index (κ3) is 3.76. The average molecular weight is 213 g/mol. The van der Waals surface area contributed by atoms with E-state index in [2.05, 4.69) is 29.0 Å². The Bertz CT molecular complexity index is 274. The molecule has 0 aromatic carbocycles. The molecule has 4 nitrogen and oxygen atoms in total. The summed E-state index contributed by atoms with van der Waals surface area (Å²) in [6.45, 7) is 3.38. The van der Waals surface area contributed by atoms with Crippen molar-refractivity contribution in [3.8, 4) is 0 Å². The molecule has 1 heterocycles. The molecule has 1 aromatic heterocycles. The van der Waals surface area contributed by atoms with E-state index < -0.39 is 6.03 Å². The fraction of sp³-hybridized carbons (Fsp3) is 0.444. The molecule has 0 fully saturated rings. The first-order chi connectivity index (χ1) is 6.70. The maximum Gasteiger partial charge on any atom is 0.312 e. The molecule has 78 valence electrons. The van der Waals surface area contributed by atoms with E-state index in [0.29, 0.717) is 12.6 Å². The molecule has 0 spiro atoms. The highest BCUT2D eigenvalue weighted by molar-refractivity contribution is 7.10. The van der Waals surface area contributed by atoms with Gasteiger partial charge in [-0.2, -0.15) is 0 Å². The summed E-state index contributed by atoms with van der Waals surface area (Å²) in [7, 11) is 0. The lowest BCUT2D eigenvalue weighted by Gasteiger charge is -2.11. The fourth-order valence-corrected chi connectivity index (χ4v) is 1.87. The number of amides is 2. The largest absolute Gasteiger partial charge is 0.352 e. The molecule has 2 amide bonds. The van der Waals surface area contributed by atoms with Crippen molar-refractivity contribution in [3.63, 3.8) is 0 Å². The number of nitrogens with two attached hydrogens (primary N) is 1. The van der Waals surface area contributed by atoms with Crippen molar-refractivity contribution in [3.05, 3.63) is 22.4 Å². The molecule has 14 heavy (non-hydrogen) atoms. The average Bonchev–Trinajstić information content (AvgIpc) is 2.64. The van der Waals surface area contributed by atoms with E-state index in [1.54, 1.807) is 11.3 Å². The van der Waals surface area contributed by atoms with E-state index >= 15 is 0 Å². The molecule has 0 aliphatic heterocycles. The molecule has 1 rings (SSSR count). The van der Waals surface area contributed by atoms with Crippen LogP contribution in [-0.4, -0.2) is 19.1 Å². The lowest BCUT2D eigenvalue weighted by Crippen LogP contribution is -2.35. The van der Waals surface area contributed by atoms with Gasteiger partial charge in [0.25, 0.3) is 0 Å². The highest BCUT2D eigenvalue weighted by Crippen LogP contribution is 2.17. The van der Waals surface area contributed by atoms with Crippen molar-refractivity contribution in [2.45, 2.75) is 13.0 Å². The molecule has 4 N–H and O–H groups in total. The number of carbonyl (C=O) groups excluding carboxylic acids is 1. The van der Waals surface area contributed by atoms with Gasteiger partial charge in [0.2, 0.25) is 0 Å². The number of hydrogen-bond acceptors (Lipinski definition) is 3. The summed E-state index contributed by atoms with van der Waals surface area (Å²) in [5, 5.41) is 7.86. The number of thiophene rings is 1. The van der Waals surface area contributed by atoms with Gasteiger partial charge in [0.1, 0.15) is 0 Å². The zero-order valence-electron chi connectivity index (χ0n) is 8.12. The lowest BCUT2D eigenvalue weighted by molar-refractivity contribution is 0.249. The Morgan fingerprint density at radius 1 is 1.64 bits per heavy atom. The second-order valence-electron chi connectivity index (χ2n) is 2.98. The third-order valence-corrected chi connectivity index (χ3v) is 2.90. The predicted octanol–water partition coefficient (Wildman–Crippen LogP) is 1.07.